The lowest BCUT2D eigenvalue weighted by atomic mass is 9.98. The molecule has 1 heterocycles. The summed E-state index contributed by atoms with van der Waals surface area (Å²) in [6.45, 7) is 4.38. The number of nitrogens with one attached hydrogen (secondary N) is 2. The number of halogens is 1. The van der Waals surface area contributed by atoms with Crippen molar-refractivity contribution in [2.45, 2.75) is 26.2 Å². The van der Waals surface area contributed by atoms with Crippen molar-refractivity contribution in [3.05, 3.63) is 81.4 Å². The van der Waals surface area contributed by atoms with Gasteiger partial charge in [-0.15, -0.1) is 0 Å². The van der Waals surface area contributed by atoms with E-state index in [9.17, 15) is 4.79 Å². The Labute approximate surface area is 205 Å². The molecule has 0 aliphatic rings. The quantitative estimate of drug-likeness (QED) is 0.211. The molecule has 0 radical (unpaired) electrons. The van der Waals surface area contributed by atoms with Crippen LogP contribution in [0.3, 0.4) is 0 Å². The van der Waals surface area contributed by atoms with Gasteiger partial charge >= 0.3 is 0 Å². The van der Waals surface area contributed by atoms with E-state index < -0.39 is 0 Å². The Kier molecular flexibility index (Phi) is 6.86. The third-order valence-corrected chi connectivity index (χ3v) is 6.15. The number of benzene rings is 3. The molecule has 4 rings (SSSR count). The Bertz CT molecular complexity index is 1300. The molecule has 0 spiro atoms. The van der Waals surface area contributed by atoms with E-state index in [-0.39, 0.29) is 11.0 Å². The van der Waals surface area contributed by atoms with Crippen LogP contribution in [0.2, 0.25) is 0 Å². The molecule has 0 aliphatic heterocycles. The Balaban J connectivity index is 1.49. The van der Waals surface area contributed by atoms with Crippen LogP contribution in [-0.4, -0.2) is 16.0 Å². The molecule has 1 atom stereocenters. The molecule has 5 nitrogen and oxygen atoms in total. The van der Waals surface area contributed by atoms with Gasteiger partial charge in [-0.1, -0.05) is 32.0 Å². The number of rotatable bonds is 5. The highest BCUT2D eigenvalue weighted by Gasteiger charge is 2.12. The average molecular weight is 555 g/mol. The molecule has 4 aromatic rings. The summed E-state index contributed by atoms with van der Waals surface area (Å²) in [7, 11) is 0. The number of nitrogens with zero attached hydrogens (tertiary/aromatic N) is 1. The first-order valence-electron chi connectivity index (χ1n) is 10.3. The van der Waals surface area contributed by atoms with Crippen LogP contribution in [0, 0.1) is 3.57 Å². The topological polar surface area (TPSA) is 67.2 Å². The van der Waals surface area contributed by atoms with Gasteiger partial charge in [0, 0.05) is 20.4 Å². The van der Waals surface area contributed by atoms with Crippen LogP contribution < -0.4 is 10.6 Å². The van der Waals surface area contributed by atoms with Crippen molar-refractivity contribution in [1.82, 2.24) is 10.3 Å². The molecule has 1 aromatic heterocycles. The maximum Gasteiger partial charge on any atom is 0.257 e. The Morgan fingerprint density at radius 3 is 2.72 bits per heavy atom. The second kappa shape index (κ2) is 9.79. The van der Waals surface area contributed by atoms with E-state index in [1.165, 1.54) is 5.56 Å². The lowest BCUT2D eigenvalue weighted by molar-refractivity contribution is 0.0977. The first-order chi connectivity index (χ1) is 15.4. The molecule has 2 N–H and O–H groups in total. The molecular formula is C25H22IN3O2S. The molecular weight excluding hydrogens is 533 g/mol. The summed E-state index contributed by atoms with van der Waals surface area (Å²) in [5, 5.41) is 6.00. The number of anilines is 1. The van der Waals surface area contributed by atoms with E-state index in [1.54, 1.807) is 12.1 Å². The minimum Gasteiger partial charge on any atom is -0.436 e. The summed E-state index contributed by atoms with van der Waals surface area (Å²) in [6, 6.07) is 21.1. The summed E-state index contributed by atoms with van der Waals surface area (Å²) in [5.74, 6) is 0.759. The molecule has 0 bridgehead atoms. The zero-order valence-electron chi connectivity index (χ0n) is 17.7. The molecule has 3 aromatic carbocycles. The number of hydrogen-bond donors (Lipinski definition) is 2. The largest absolute Gasteiger partial charge is 0.436 e. The van der Waals surface area contributed by atoms with E-state index >= 15 is 0 Å². The number of oxazole rings is 1. The minimum atomic E-state index is -0.256. The summed E-state index contributed by atoms with van der Waals surface area (Å²) in [4.78, 5) is 17.1. The van der Waals surface area contributed by atoms with Crippen LogP contribution >= 0.6 is 34.8 Å². The lowest BCUT2D eigenvalue weighted by Crippen LogP contribution is -2.34. The van der Waals surface area contributed by atoms with Crippen molar-refractivity contribution in [3.63, 3.8) is 0 Å². The summed E-state index contributed by atoms with van der Waals surface area (Å²) >= 11 is 7.49. The van der Waals surface area contributed by atoms with Crippen LogP contribution in [0.15, 0.2) is 71.1 Å². The van der Waals surface area contributed by atoms with Crippen LogP contribution in [0.4, 0.5) is 5.69 Å². The smallest absolute Gasteiger partial charge is 0.257 e. The van der Waals surface area contributed by atoms with E-state index in [4.69, 9.17) is 16.6 Å². The zero-order chi connectivity index (χ0) is 22.7. The Hall–Kier alpha value is -2.78. The van der Waals surface area contributed by atoms with Crippen molar-refractivity contribution in [1.29, 1.82) is 0 Å². The molecule has 0 aliphatic carbocycles. The standard InChI is InChI=1S/C25H22IN3O2S/c1-3-15(2)16-10-11-22-21(14-16)28-24(31-22)18-7-5-9-20(13-18)27-25(32)29-23(30)17-6-4-8-19(26)12-17/h4-15H,3H2,1-2H3,(H2,27,29,30,32)/t15-/m1/s1. The lowest BCUT2D eigenvalue weighted by Gasteiger charge is -2.10. The normalized spacial score (nSPS) is 11.8. The second-order valence-corrected chi connectivity index (χ2v) is 9.21. The van der Waals surface area contributed by atoms with E-state index in [1.807, 2.05) is 42.5 Å². The Morgan fingerprint density at radius 2 is 1.94 bits per heavy atom. The Morgan fingerprint density at radius 1 is 1.12 bits per heavy atom. The first kappa shape index (κ1) is 22.4. The number of carbonyl (C=O) groups excluding carboxylic acids is 1. The molecule has 7 heteroatoms. The molecule has 0 saturated carbocycles. The molecule has 0 fully saturated rings. The van der Waals surface area contributed by atoms with Gasteiger partial charge in [-0.3, -0.25) is 10.1 Å². The predicted octanol–water partition coefficient (Wildman–Crippen LogP) is 6.74. The third kappa shape index (κ3) is 5.16. The highest BCUT2D eigenvalue weighted by molar-refractivity contribution is 14.1. The van der Waals surface area contributed by atoms with Crippen molar-refractivity contribution in [2.75, 3.05) is 5.32 Å². The van der Waals surface area contributed by atoms with E-state index in [2.05, 4.69) is 64.2 Å². The number of amides is 1. The number of fused-ring (bicyclic) bond motifs is 1. The molecule has 162 valence electrons. The number of carbonyl (C=O) groups is 1. The summed E-state index contributed by atoms with van der Waals surface area (Å²) < 4.78 is 6.96. The van der Waals surface area contributed by atoms with E-state index in [0.29, 0.717) is 17.4 Å². The van der Waals surface area contributed by atoms with Crippen molar-refractivity contribution >= 4 is 62.6 Å². The first-order valence-corrected chi connectivity index (χ1v) is 11.8. The number of aromatic nitrogens is 1. The van der Waals surface area contributed by atoms with E-state index in [0.717, 1.165) is 32.3 Å². The van der Waals surface area contributed by atoms with Crippen molar-refractivity contribution in [3.8, 4) is 11.5 Å². The minimum absolute atomic E-state index is 0.224. The van der Waals surface area contributed by atoms with Gasteiger partial charge < -0.3 is 9.73 Å². The number of hydrogen-bond acceptors (Lipinski definition) is 4. The van der Waals surface area contributed by atoms with Gasteiger partial charge in [-0.25, -0.2) is 4.98 Å². The van der Waals surface area contributed by atoms with Gasteiger partial charge in [0.05, 0.1) is 0 Å². The van der Waals surface area contributed by atoms with Crippen molar-refractivity contribution in [2.24, 2.45) is 0 Å². The van der Waals surface area contributed by atoms with Crippen LogP contribution in [0.5, 0.6) is 0 Å². The second-order valence-electron chi connectivity index (χ2n) is 7.55. The fourth-order valence-corrected chi connectivity index (χ4v) is 4.06. The van der Waals surface area contributed by atoms with Crippen LogP contribution in [0.25, 0.3) is 22.6 Å². The van der Waals surface area contributed by atoms with Gasteiger partial charge in [-0.2, -0.15) is 0 Å². The van der Waals surface area contributed by atoms with Gasteiger partial charge in [0.25, 0.3) is 5.91 Å². The highest BCUT2D eigenvalue weighted by atomic mass is 127. The van der Waals surface area contributed by atoms with Crippen molar-refractivity contribution < 1.29 is 9.21 Å². The van der Waals surface area contributed by atoms with Crippen LogP contribution in [-0.2, 0) is 0 Å². The maximum atomic E-state index is 12.4. The molecule has 0 saturated heterocycles. The fourth-order valence-electron chi connectivity index (χ4n) is 3.31. The van der Waals surface area contributed by atoms with Gasteiger partial charge in [0.2, 0.25) is 5.89 Å². The average Bonchev–Trinajstić information content (AvgIpc) is 3.22. The molecule has 1 amide bonds. The van der Waals surface area contributed by atoms with Gasteiger partial charge in [0.1, 0.15) is 5.52 Å². The monoisotopic (exact) mass is 555 g/mol. The highest BCUT2D eigenvalue weighted by Crippen LogP contribution is 2.29. The molecule has 0 unspecified atom stereocenters. The SMILES string of the molecule is CC[C@@H](C)c1ccc2oc(-c3cccc(NC(=S)NC(=O)c4cccc(I)c4)c3)nc2c1. The number of thiocarbonyl (C=S) groups is 1. The third-order valence-electron chi connectivity index (χ3n) is 5.27. The summed E-state index contributed by atoms with van der Waals surface area (Å²) in [5.41, 5.74) is 4.96. The fraction of sp³-hybridized carbons (Fsp3) is 0.160. The summed E-state index contributed by atoms with van der Waals surface area (Å²) in [6.07, 6.45) is 1.07. The van der Waals surface area contributed by atoms with Gasteiger partial charge in [0.15, 0.2) is 10.7 Å². The van der Waals surface area contributed by atoms with Crippen LogP contribution in [0.1, 0.15) is 42.1 Å². The maximum absolute atomic E-state index is 12.4. The predicted molar refractivity (Wildman–Crippen MR) is 141 cm³/mol. The van der Waals surface area contributed by atoms with Gasteiger partial charge in [-0.05, 0) is 101 Å². The zero-order valence-corrected chi connectivity index (χ0v) is 20.7. The molecule has 32 heavy (non-hydrogen) atoms.